The molecule has 0 atom stereocenters. The number of hydrogen-bond donors (Lipinski definition) is 0. The molecule has 0 saturated heterocycles. The Labute approximate surface area is 118 Å². The third kappa shape index (κ3) is 3.58. The molecule has 112 valence electrons. The lowest BCUT2D eigenvalue weighted by Gasteiger charge is -2.31. The van der Waals surface area contributed by atoms with Gasteiger partial charge in [-0.1, -0.05) is 41.5 Å². The first kappa shape index (κ1) is 18.1. The van der Waals surface area contributed by atoms with E-state index in [-0.39, 0.29) is 11.9 Å². The number of esters is 2. The van der Waals surface area contributed by atoms with E-state index < -0.39 is 10.8 Å². The van der Waals surface area contributed by atoms with Gasteiger partial charge in [0.1, 0.15) is 0 Å². The lowest BCUT2D eigenvalue weighted by atomic mass is 9.78. The molecule has 0 aliphatic rings. The minimum absolute atomic E-state index is 0.343. The van der Waals surface area contributed by atoms with Gasteiger partial charge < -0.3 is 4.74 Å². The van der Waals surface area contributed by atoms with Crippen molar-refractivity contribution < 1.29 is 14.3 Å². The van der Waals surface area contributed by atoms with Gasteiger partial charge in [0.15, 0.2) is 0 Å². The van der Waals surface area contributed by atoms with Crippen LogP contribution in [0.3, 0.4) is 0 Å². The highest BCUT2D eigenvalue weighted by molar-refractivity contribution is 5.91. The highest BCUT2D eigenvalue weighted by Crippen LogP contribution is 2.36. The van der Waals surface area contributed by atoms with Crippen LogP contribution >= 0.6 is 0 Å². The van der Waals surface area contributed by atoms with Crippen molar-refractivity contribution in [1.82, 2.24) is 0 Å². The van der Waals surface area contributed by atoms with Crippen molar-refractivity contribution in [3.8, 4) is 0 Å². The van der Waals surface area contributed by atoms with E-state index in [0.717, 1.165) is 0 Å². The van der Waals surface area contributed by atoms with E-state index in [2.05, 4.69) is 0 Å². The maximum absolute atomic E-state index is 12.3. The van der Waals surface area contributed by atoms with Gasteiger partial charge in [-0.2, -0.15) is 0 Å². The van der Waals surface area contributed by atoms with Crippen LogP contribution in [0.25, 0.3) is 0 Å². The molecule has 0 spiro atoms. The smallest absolute Gasteiger partial charge is 0.319 e. The second kappa shape index (κ2) is 7.66. The quantitative estimate of drug-likeness (QED) is 0.482. The predicted octanol–water partition coefficient (Wildman–Crippen LogP) is 4.49. The van der Waals surface area contributed by atoms with Crippen molar-refractivity contribution in [2.75, 3.05) is 0 Å². The normalized spacial score (nSPS) is 12.3. The number of carbonyl (C=O) groups is 2. The summed E-state index contributed by atoms with van der Waals surface area (Å²) in [6.45, 7) is 11.9. The van der Waals surface area contributed by atoms with Crippen LogP contribution in [0.2, 0.25) is 0 Å². The summed E-state index contributed by atoms with van der Waals surface area (Å²) in [5.74, 6) is -0.686. The summed E-state index contributed by atoms with van der Waals surface area (Å²) in [5.41, 5.74) is -1.01. The first-order valence-corrected chi connectivity index (χ1v) is 7.68. The van der Waals surface area contributed by atoms with Gasteiger partial charge in [-0.05, 0) is 38.5 Å². The summed E-state index contributed by atoms with van der Waals surface area (Å²) >= 11 is 0. The Kier molecular flexibility index (Phi) is 7.32. The molecule has 0 aromatic heterocycles. The lowest BCUT2D eigenvalue weighted by Crippen LogP contribution is -2.38. The summed E-state index contributed by atoms with van der Waals surface area (Å²) in [6, 6.07) is 0. The SMILES string of the molecule is CCC(CC)(CC)C(=O)OC(=O)C(CC)(CC)CC. The predicted molar refractivity (Wildman–Crippen MR) is 77.7 cm³/mol. The lowest BCUT2D eigenvalue weighted by molar-refractivity contribution is -0.175. The maximum atomic E-state index is 12.3. The highest BCUT2D eigenvalue weighted by Gasteiger charge is 2.41. The second-order valence-electron chi connectivity index (χ2n) is 5.36. The van der Waals surface area contributed by atoms with Gasteiger partial charge in [0.05, 0.1) is 10.8 Å². The first-order valence-electron chi connectivity index (χ1n) is 7.68. The monoisotopic (exact) mass is 270 g/mol. The summed E-state index contributed by atoms with van der Waals surface area (Å²) in [4.78, 5) is 24.6. The van der Waals surface area contributed by atoms with E-state index in [4.69, 9.17) is 4.74 Å². The average Bonchev–Trinajstić information content (AvgIpc) is 2.44. The van der Waals surface area contributed by atoms with Gasteiger partial charge >= 0.3 is 11.9 Å². The van der Waals surface area contributed by atoms with Gasteiger partial charge in [-0.25, -0.2) is 0 Å². The molecule has 0 aliphatic carbocycles. The molecule has 19 heavy (non-hydrogen) atoms. The largest absolute Gasteiger partial charge is 0.392 e. The van der Waals surface area contributed by atoms with Crippen molar-refractivity contribution in [2.45, 2.75) is 80.1 Å². The Hall–Kier alpha value is -0.860. The molecule has 0 radical (unpaired) electrons. The van der Waals surface area contributed by atoms with Crippen LogP contribution in [0.15, 0.2) is 0 Å². The third-order valence-electron chi connectivity index (χ3n) is 5.11. The van der Waals surface area contributed by atoms with E-state index in [1.165, 1.54) is 0 Å². The molecule has 3 nitrogen and oxygen atoms in total. The molecular weight excluding hydrogens is 240 g/mol. The molecule has 0 heterocycles. The van der Waals surface area contributed by atoms with Crippen LogP contribution < -0.4 is 0 Å². The molecule has 0 aromatic carbocycles. The fourth-order valence-corrected chi connectivity index (χ4v) is 2.67. The number of hydrogen-bond acceptors (Lipinski definition) is 3. The van der Waals surface area contributed by atoms with E-state index in [1.54, 1.807) is 0 Å². The van der Waals surface area contributed by atoms with Crippen LogP contribution in [0, 0.1) is 10.8 Å². The second-order valence-corrected chi connectivity index (χ2v) is 5.36. The van der Waals surface area contributed by atoms with Crippen molar-refractivity contribution >= 4 is 11.9 Å². The molecule has 0 aliphatic heterocycles. The zero-order valence-corrected chi connectivity index (χ0v) is 13.5. The molecular formula is C16H30O3. The molecule has 0 saturated carbocycles. The Balaban J connectivity index is 5.04. The Morgan fingerprint density at radius 2 is 0.842 bits per heavy atom. The van der Waals surface area contributed by atoms with Crippen LogP contribution in [-0.4, -0.2) is 11.9 Å². The summed E-state index contributed by atoms with van der Waals surface area (Å²) in [6.07, 6.45) is 4.27. The van der Waals surface area contributed by atoms with Crippen molar-refractivity contribution in [3.05, 3.63) is 0 Å². The number of carbonyl (C=O) groups excluding carboxylic acids is 2. The van der Waals surface area contributed by atoms with Crippen LogP contribution in [-0.2, 0) is 14.3 Å². The van der Waals surface area contributed by atoms with Gasteiger partial charge in [0.2, 0.25) is 0 Å². The molecule has 0 rings (SSSR count). The van der Waals surface area contributed by atoms with E-state index in [9.17, 15) is 9.59 Å². The number of rotatable bonds is 8. The third-order valence-corrected chi connectivity index (χ3v) is 5.11. The topological polar surface area (TPSA) is 43.4 Å². The van der Waals surface area contributed by atoms with Crippen molar-refractivity contribution in [2.24, 2.45) is 10.8 Å². The molecule has 0 amide bonds. The highest BCUT2D eigenvalue weighted by atomic mass is 16.6. The molecule has 0 aromatic rings. The Morgan fingerprint density at radius 3 is 1.00 bits per heavy atom. The van der Waals surface area contributed by atoms with Crippen LogP contribution in [0.5, 0.6) is 0 Å². The maximum Gasteiger partial charge on any atom is 0.319 e. The first-order chi connectivity index (χ1) is 8.91. The van der Waals surface area contributed by atoms with E-state index in [0.29, 0.717) is 38.5 Å². The fourth-order valence-electron chi connectivity index (χ4n) is 2.67. The minimum atomic E-state index is -0.503. The Morgan fingerprint density at radius 1 is 0.632 bits per heavy atom. The minimum Gasteiger partial charge on any atom is -0.392 e. The summed E-state index contributed by atoms with van der Waals surface area (Å²) in [7, 11) is 0. The van der Waals surface area contributed by atoms with Gasteiger partial charge in [-0.3, -0.25) is 9.59 Å². The van der Waals surface area contributed by atoms with Gasteiger partial charge in [0, 0.05) is 0 Å². The van der Waals surface area contributed by atoms with Gasteiger partial charge in [0.25, 0.3) is 0 Å². The Bertz CT molecular complexity index is 253. The molecule has 0 bridgehead atoms. The number of ether oxygens (including phenoxy) is 1. The molecule has 3 heteroatoms. The molecule has 0 unspecified atom stereocenters. The standard InChI is InChI=1S/C16H30O3/c1-7-15(8-2,9-3)13(17)19-14(18)16(10-4,11-5)12-6/h7-12H2,1-6H3. The summed E-state index contributed by atoms with van der Waals surface area (Å²) < 4.78 is 5.25. The van der Waals surface area contributed by atoms with Crippen LogP contribution in [0.1, 0.15) is 80.1 Å². The van der Waals surface area contributed by atoms with Crippen molar-refractivity contribution in [3.63, 3.8) is 0 Å². The van der Waals surface area contributed by atoms with E-state index >= 15 is 0 Å². The van der Waals surface area contributed by atoms with Gasteiger partial charge in [-0.15, -0.1) is 0 Å². The van der Waals surface area contributed by atoms with Crippen molar-refractivity contribution in [1.29, 1.82) is 0 Å². The van der Waals surface area contributed by atoms with Crippen LogP contribution in [0.4, 0.5) is 0 Å². The molecule has 0 fully saturated rings. The fraction of sp³-hybridized carbons (Fsp3) is 0.875. The zero-order valence-electron chi connectivity index (χ0n) is 13.5. The van der Waals surface area contributed by atoms with E-state index in [1.807, 2.05) is 41.5 Å². The summed E-state index contributed by atoms with van der Waals surface area (Å²) in [5, 5.41) is 0. The molecule has 0 N–H and O–H groups in total. The zero-order chi connectivity index (χ0) is 15.1. The average molecular weight is 270 g/mol.